The Morgan fingerprint density at radius 1 is 1.39 bits per heavy atom. The van der Waals surface area contributed by atoms with Crippen LogP contribution in [0, 0.1) is 0 Å². The number of anilines is 1. The van der Waals surface area contributed by atoms with Crippen LogP contribution in [0.3, 0.4) is 0 Å². The highest BCUT2D eigenvalue weighted by Gasteiger charge is 2.31. The lowest BCUT2D eigenvalue weighted by molar-refractivity contribution is -0.125. The Labute approximate surface area is 137 Å². The smallest absolute Gasteiger partial charge is 0.339 e. The molecule has 0 bridgehead atoms. The summed E-state index contributed by atoms with van der Waals surface area (Å²) < 4.78 is 5.22. The van der Waals surface area contributed by atoms with Crippen LogP contribution in [0.15, 0.2) is 24.3 Å². The SMILES string of the molecule is CCCCc1nnc(NC(=O)C2Cc3ccccc3C(=O)O2)s1. The average Bonchev–Trinajstić information content (AvgIpc) is 3.00. The van der Waals surface area contributed by atoms with Crippen molar-refractivity contribution in [2.45, 2.75) is 38.7 Å². The van der Waals surface area contributed by atoms with Crippen LogP contribution < -0.4 is 5.32 Å². The maximum atomic E-state index is 12.3. The van der Waals surface area contributed by atoms with Crippen molar-refractivity contribution >= 4 is 28.3 Å². The molecule has 120 valence electrons. The van der Waals surface area contributed by atoms with Gasteiger partial charge in [0.25, 0.3) is 5.91 Å². The van der Waals surface area contributed by atoms with Gasteiger partial charge >= 0.3 is 5.97 Å². The predicted octanol–water partition coefficient (Wildman–Crippen LogP) is 2.60. The molecule has 1 aliphatic heterocycles. The van der Waals surface area contributed by atoms with Crippen LogP contribution in [-0.2, 0) is 22.4 Å². The van der Waals surface area contributed by atoms with Crippen molar-refractivity contribution in [1.82, 2.24) is 10.2 Å². The summed E-state index contributed by atoms with van der Waals surface area (Å²) in [6.07, 6.45) is 2.52. The molecule has 0 aliphatic carbocycles. The van der Waals surface area contributed by atoms with Crippen molar-refractivity contribution in [2.24, 2.45) is 0 Å². The van der Waals surface area contributed by atoms with Gasteiger partial charge in [-0.1, -0.05) is 42.9 Å². The molecule has 1 aromatic carbocycles. The number of amides is 1. The number of benzene rings is 1. The van der Waals surface area contributed by atoms with Gasteiger partial charge in [0.15, 0.2) is 6.10 Å². The molecule has 0 spiro atoms. The summed E-state index contributed by atoms with van der Waals surface area (Å²) in [5.74, 6) is -0.834. The van der Waals surface area contributed by atoms with Crippen molar-refractivity contribution in [2.75, 3.05) is 5.32 Å². The lowest BCUT2D eigenvalue weighted by atomic mass is 9.98. The molecular weight excluding hydrogens is 314 g/mol. The molecule has 0 saturated heterocycles. The quantitative estimate of drug-likeness (QED) is 0.852. The van der Waals surface area contributed by atoms with E-state index in [-0.39, 0.29) is 5.91 Å². The first-order valence-electron chi connectivity index (χ1n) is 7.59. The molecule has 0 radical (unpaired) electrons. The number of aromatic nitrogens is 2. The lowest BCUT2D eigenvalue weighted by Crippen LogP contribution is -2.37. The minimum atomic E-state index is -0.833. The fourth-order valence-electron chi connectivity index (χ4n) is 2.40. The van der Waals surface area contributed by atoms with Gasteiger partial charge in [0.2, 0.25) is 5.13 Å². The first-order valence-corrected chi connectivity index (χ1v) is 8.41. The number of nitrogens with zero attached hydrogens (tertiary/aromatic N) is 2. The van der Waals surface area contributed by atoms with Gasteiger partial charge < -0.3 is 4.74 Å². The van der Waals surface area contributed by atoms with Gasteiger partial charge in [-0.15, -0.1) is 10.2 Å². The van der Waals surface area contributed by atoms with Crippen LogP contribution in [0.4, 0.5) is 5.13 Å². The molecule has 3 rings (SSSR count). The molecule has 1 aliphatic rings. The summed E-state index contributed by atoms with van der Waals surface area (Å²) >= 11 is 1.36. The van der Waals surface area contributed by atoms with Gasteiger partial charge in [-0.25, -0.2) is 4.79 Å². The van der Waals surface area contributed by atoms with Crippen molar-refractivity contribution in [1.29, 1.82) is 0 Å². The fourth-order valence-corrected chi connectivity index (χ4v) is 3.18. The average molecular weight is 331 g/mol. The van der Waals surface area contributed by atoms with E-state index >= 15 is 0 Å². The summed E-state index contributed by atoms with van der Waals surface area (Å²) in [5.41, 5.74) is 1.35. The third-order valence-electron chi connectivity index (χ3n) is 3.63. The highest BCUT2D eigenvalue weighted by Crippen LogP contribution is 2.22. The van der Waals surface area contributed by atoms with E-state index in [0.717, 1.165) is 29.8 Å². The highest BCUT2D eigenvalue weighted by atomic mass is 32.1. The van der Waals surface area contributed by atoms with Gasteiger partial charge in [0, 0.05) is 12.8 Å². The van der Waals surface area contributed by atoms with Crippen LogP contribution in [0.2, 0.25) is 0 Å². The molecule has 2 aromatic rings. The normalized spacial score (nSPS) is 16.6. The number of fused-ring (bicyclic) bond motifs is 1. The fraction of sp³-hybridized carbons (Fsp3) is 0.375. The minimum Gasteiger partial charge on any atom is -0.448 e. The van der Waals surface area contributed by atoms with E-state index in [0.29, 0.717) is 17.1 Å². The maximum Gasteiger partial charge on any atom is 0.339 e. The Hall–Kier alpha value is -2.28. The molecule has 1 N–H and O–H groups in total. The molecular formula is C16H17N3O3S. The van der Waals surface area contributed by atoms with Crippen LogP contribution in [0.25, 0.3) is 0 Å². The van der Waals surface area contributed by atoms with E-state index in [9.17, 15) is 9.59 Å². The van der Waals surface area contributed by atoms with Crippen LogP contribution >= 0.6 is 11.3 Å². The van der Waals surface area contributed by atoms with E-state index in [1.165, 1.54) is 11.3 Å². The van der Waals surface area contributed by atoms with Crippen molar-refractivity contribution < 1.29 is 14.3 Å². The zero-order chi connectivity index (χ0) is 16.2. The molecule has 2 heterocycles. The molecule has 0 saturated carbocycles. The number of hydrogen-bond donors (Lipinski definition) is 1. The summed E-state index contributed by atoms with van der Waals surface area (Å²) in [5, 5.41) is 12.0. The number of cyclic esters (lactones) is 1. The second-order valence-corrected chi connectivity index (χ2v) is 6.41. The highest BCUT2D eigenvalue weighted by molar-refractivity contribution is 7.15. The van der Waals surface area contributed by atoms with E-state index in [4.69, 9.17) is 4.74 Å². The van der Waals surface area contributed by atoms with Gasteiger partial charge in [-0.2, -0.15) is 0 Å². The van der Waals surface area contributed by atoms with Crippen molar-refractivity contribution in [3.8, 4) is 0 Å². The number of rotatable bonds is 5. The second-order valence-electron chi connectivity index (χ2n) is 5.35. The Bertz CT molecular complexity index is 729. The number of carbonyl (C=O) groups is 2. The standard InChI is InChI=1S/C16H17N3O3S/c1-2-3-8-13-18-19-16(23-13)17-14(20)12-9-10-6-4-5-7-11(10)15(21)22-12/h4-7,12H,2-3,8-9H2,1H3,(H,17,19,20). The number of nitrogens with one attached hydrogen (secondary N) is 1. The van der Waals surface area contributed by atoms with E-state index in [1.807, 2.05) is 12.1 Å². The third-order valence-corrected chi connectivity index (χ3v) is 4.52. The Kier molecular flexibility index (Phi) is 4.66. The summed E-state index contributed by atoms with van der Waals surface area (Å²) in [7, 11) is 0. The molecule has 23 heavy (non-hydrogen) atoms. The van der Waals surface area contributed by atoms with Crippen LogP contribution in [-0.4, -0.2) is 28.2 Å². The molecule has 0 fully saturated rings. The number of unbranched alkanes of at least 4 members (excludes halogenated alkanes) is 1. The zero-order valence-corrected chi connectivity index (χ0v) is 13.6. The maximum absolute atomic E-state index is 12.3. The second kappa shape index (κ2) is 6.87. The van der Waals surface area contributed by atoms with E-state index < -0.39 is 12.1 Å². The number of esters is 1. The van der Waals surface area contributed by atoms with Gasteiger partial charge in [-0.3, -0.25) is 10.1 Å². The summed E-state index contributed by atoms with van der Waals surface area (Å²) in [4.78, 5) is 24.2. The van der Waals surface area contributed by atoms with Crippen molar-refractivity contribution in [3.05, 3.63) is 40.4 Å². The monoisotopic (exact) mass is 331 g/mol. The van der Waals surface area contributed by atoms with Gasteiger partial charge in [0.05, 0.1) is 5.56 Å². The van der Waals surface area contributed by atoms with Crippen molar-refractivity contribution in [3.63, 3.8) is 0 Å². The third kappa shape index (κ3) is 3.56. The Morgan fingerprint density at radius 3 is 3.04 bits per heavy atom. The molecule has 1 unspecified atom stereocenters. The first-order chi connectivity index (χ1) is 11.2. The molecule has 7 heteroatoms. The van der Waals surface area contributed by atoms with Crippen LogP contribution in [0.5, 0.6) is 0 Å². The molecule has 1 amide bonds. The molecule has 6 nitrogen and oxygen atoms in total. The Balaban J connectivity index is 1.65. The number of aryl methyl sites for hydroxylation is 1. The topological polar surface area (TPSA) is 81.2 Å². The predicted molar refractivity (Wildman–Crippen MR) is 86.5 cm³/mol. The van der Waals surface area contributed by atoms with E-state index in [1.54, 1.807) is 12.1 Å². The minimum absolute atomic E-state index is 0.369. The molecule has 1 aromatic heterocycles. The summed E-state index contributed by atoms with van der Waals surface area (Å²) in [6, 6.07) is 7.16. The van der Waals surface area contributed by atoms with Gasteiger partial charge in [0.1, 0.15) is 5.01 Å². The van der Waals surface area contributed by atoms with Crippen LogP contribution in [0.1, 0.15) is 40.7 Å². The lowest BCUT2D eigenvalue weighted by Gasteiger charge is -2.23. The Morgan fingerprint density at radius 2 is 2.22 bits per heavy atom. The number of ether oxygens (including phenoxy) is 1. The van der Waals surface area contributed by atoms with Gasteiger partial charge in [-0.05, 0) is 18.1 Å². The molecule has 1 atom stereocenters. The van der Waals surface area contributed by atoms with E-state index in [2.05, 4.69) is 22.4 Å². The largest absolute Gasteiger partial charge is 0.448 e. The first kappa shape index (κ1) is 15.6. The summed E-state index contributed by atoms with van der Waals surface area (Å²) in [6.45, 7) is 2.11. The number of carbonyl (C=O) groups excluding carboxylic acids is 2. The number of hydrogen-bond acceptors (Lipinski definition) is 6. The zero-order valence-electron chi connectivity index (χ0n) is 12.7.